The van der Waals surface area contributed by atoms with E-state index in [2.05, 4.69) is 18.7 Å². The smallest absolute Gasteiger partial charge is 0.264 e. The maximum absolute atomic E-state index is 12.9. The number of amides is 1. The summed E-state index contributed by atoms with van der Waals surface area (Å²) in [6, 6.07) is 9.94. The second kappa shape index (κ2) is 7.90. The van der Waals surface area contributed by atoms with Gasteiger partial charge in [0.15, 0.2) is 11.5 Å². The van der Waals surface area contributed by atoms with Gasteiger partial charge in [-0.15, -0.1) is 11.3 Å². The molecule has 27 heavy (non-hydrogen) atoms. The molecule has 5 nitrogen and oxygen atoms in total. The van der Waals surface area contributed by atoms with Gasteiger partial charge in [0.1, 0.15) is 13.2 Å². The summed E-state index contributed by atoms with van der Waals surface area (Å²) < 4.78 is 11.3. The lowest BCUT2D eigenvalue weighted by Crippen LogP contribution is -2.49. The van der Waals surface area contributed by atoms with Crippen LogP contribution in [0.4, 0.5) is 0 Å². The van der Waals surface area contributed by atoms with Gasteiger partial charge >= 0.3 is 0 Å². The summed E-state index contributed by atoms with van der Waals surface area (Å²) in [5.41, 5.74) is 1.06. The normalized spacial score (nSPS) is 17.4. The van der Waals surface area contributed by atoms with Crippen LogP contribution in [0.1, 0.15) is 23.5 Å². The topological polar surface area (TPSA) is 42.0 Å². The molecule has 0 saturated carbocycles. The predicted molar refractivity (Wildman–Crippen MR) is 108 cm³/mol. The second-order valence-corrected chi connectivity index (χ2v) is 8.59. The number of thiophene rings is 1. The minimum Gasteiger partial charge on any atom is -0.486 e. The van der Waals surface area contributed by atoms with Crippen molar-refractivity contribution in [3.8, 4) is 21.9 Å². The predicted octanol–water partition coefficient (Wildman–Crippen LogP) is 3.60. The average Bonchev–Trinajstić information content (AvgIpc) is 3.17. The Bertz CT molecular complexity index is 810. The summed E-state index contributed by atoms with van der Waals surface area (Å²) in [5, 5.41) is 0. The zero-order valence-corrected chi connectivity index (χ0v) is 16.8. The molecule has 0 radical (unpaired) electrons. The zero-order valence-electron chi connectivity index (χ0n) is 15.9. The number of carbonyl (C=O) groups excluding carboxylic acids is 1. The van der Waals surface area contributed by atoms with Gasteiger partial charge in [-0.2, -0.15) is 0 Å². The first kappa shape index (κ1) is 18.3. The van der Waals surface area contributed by atoms with Gasteiger partial charge in [-0.3, -0.25) is 9.69 Å². The molecular weight excluding hydrogens is 360 g/mol. The van der Waals surface area contributed by atoms with Gasteiger partial charge in [0.05, 0.1) is 4.88 Å². The standard InChI is InChI=1S/C21H26N2O3S/c1-15(2)14-22-7-9-23(10-8-22)21(24)20-6-5-19(27-20)16-3-4-17-18(13-16)26-12-11-25-17/h3-6,13,15H,7-12,14H2,1-2H3. The number of benzene rings is 1. The summed E-state index contributed by atoms with van der Waals surface area (Å²) >= 11 is 1.55. The number of hydrogen-bond donors (Lipinski definition) is 0. The Balaban J connectivity index is 1.43. The highest BCUT2D eigenvalue weighted by atomic mass is 32.1. The molecule has 2 aliphatic heterocycles. The molecule has 0 N–H and O–H groups in total. The molecule has 1 aromatic carbocycles. The van der Waals surface area contributed by atoms with E-state index in [0.29, 0.717) is 19.1 Å². The lowest BCUT2D eigenvalue weighted by Gasteiger charge is -2.35. The molecule has 0 spiro atoms. The first-order chi connectivity index (χ1) is 13.1. The second-order valence-electron chi connectivity index (χ2n) is 7.51. The number of piperazine rings is 1. The van der Waals surface area contributed by atoms with Crippen LogP contribution in [0.5, 0.6) is 11.5 Å². The van der Waals surface area contributed by atoms with Crippen LogP contribution in [0.2, 0.25) is 0 Å². The van der Waals surface area contributed by atoms with Crippen molar-refractivity contribution in [2.24, 2.45) is 5.92 Å². The molecule has 6 heteroatoms. The van der Waals surface area contributed by atoms with Gasteiger partial charge < -0.3 is 14.4 Å². The fourth-order valence-corrected chi connectivity index (χ4v) is 4.58. The Kier molecular flexibility index (Phi) is 5.36. The Morgan fingerprint density at radius 1 is 1.04 bits per heavy atom. The molecule has 3 heterocycles. The lowest BCUT2D eigenvalue weighted by atomic mass is 10.1. The minimum absolute atomic E-state index is 0.146. The highest BCUT2D eigenvalue weighted by Gasteiger charge is 2.24. The van der Waals surface area contributed by atoms with Gasteiger partial charge in [0.25, 0.3) is 5.91 Å². The maximum Gasteiger partial charge on any atom is 0.264 e. The van der Waals surface area contributed by atoms with Crippen molar-refractivity contribution in [2.75, 3.05) is 45.9 Å². The first-order valence-electron chi connectivity index (χ1n) is 9.61. The molecule has 1 saturated heterocycles. The van der Waals surface area contributed by atoms with Crippen LogP contribution in [0.25, 0.3) is 10.4 Å². The first-order valence-corrected chi connectivity index (χ1v) is 10.4. The molecule has 0 unspecified atom stereocenters. The van der Waals surface area contributed by atoms with Crippen molar-refractivity contribution in [1.82, 2.24) is 9.80 Å². The number of carbonyl (C=O) groups is 1. The van der Waals surface area contributed by atoms with E-state index in [4.69, 9.17) is 9.47 Å². The van der Waals surface area contributed by atoms with E-state index in [-0.39, 0.29) is 5.91 Å². The fraction of sp³-hybridized carbons (Fsp3) is 0.476. The fourth-order valence-electron chi connectivity index (χ4n) is 3.61. The molecule has 1 fully saturated rings. The molecule has 2 aliphatic rings. The molecule has 1 amide bonds. The van der Waals surface area contributed by atoms with Crippen molar-refractivity contribution in [1.29, 1.82) is 0 Å². The SMILES string of the molecule is CC(C)CN1CCN(C(=O)c2ccc(-c3ccc4c(c3)OCCO4)s2)CC1. The van der Waals surface area contributed by atoms with E-state index < -0.39 is 0 Å². The van der Waals surface area contributed by atoms with Gasteiger partial charge in [-0.05, 0) is 41.8 Å². The highest BCUT2D eigenvalue weighted by molar-refractivity contribution is 7.17. The highest BCUT2D eigenvalue weighted by Crippen LogP contribution is 2.37. The summed E-state index contributed by atoms with van der Waals surface area (Å²) in [4.78, 5) is 19.2. The summed E-state index contributed by atoms with van der Waals surface area (Å²) in [5.74, 6) is 2.38. The van der Waals surface area contributed by atoms with Crippen LogP contribution < -0.4 is 9.47 Å². The third-order valence-corrected chi connectivity index (χ3v) is 6.05. The summed E-state index contributed by atoms with van der Waals surface area (Å²) in [6.07, 6.45) is 0. The van der Waals surface area contributed by atoms with Crippen LogP contribution in [0.15, 0.2) is 30.3 Å². The van der Waals surface area contributed by atoms with E-state index in [1.165, 1.54) is 0 Å². The molecule has 2 aromatic rings. The van der Waals surface area contributed by atoms with Gasteiger partial charge in [0.2, 0.25) is 0 Å². The minimum atomic E-state index is 0.146. The molecule has 4 rings (SSSR count). The molecule has 0 bridgehead atoms. The van der Waals surface area contributed by atoms with Gasteiger partial charge in [0, 0.05) is 37.6 Å². The van der Waals surface area contributed by atoms with Crippen molar-refractivity contribution in [2.45, 2.75) is 13.8 Å². The Morgan fingerprint density at radius 3 is 2.52 bits per heavy atom. The van der Waals surface area contributed by atoms with E-state index in [9.17, 15) is 4.79 Å². The summed E-state index contributed by atoms with van der Waals surface area (Å²) in [6.45, 7) is 10.3. The van der Waals surface area contributed by atoms with Crippen LogP contribution in [0, 0.1) is 5.92 Å². The number of ether oxygens (including phenoxy) is 2. The van der Waals surface area contributed by atoms with E-state index in [0.717, 1.165) is 59.5 Å². The lowest BCUT2D eigenvalue weighted by molar-refractivity contribution is 0.0628. The number of fused-ring (bicyclic) bond motifs is 1. The largest absolute Gasteiger partial charge is 0.486 e. The van der Waals surface area contributed by atoms with E-state index in [1.807, 2.05) is 35.2 Å². The molecule has 144 valence electrons. The maximum atomic E-state index is 12.9. The third kappa shape index (κ3) is 4.12. The van der Waals surface area contributed by atoms with Gasteiger partial charge in [-0.25, -0.2) is 0 Å². The molecular formula is C21H26N2O3S. The Hall–Kier alpha value is -2.05. The molecule has 0 atom stereocenters. The monoisotopic (exact) mass is 386 g/mol. The van der Waals surface area contributed by atoms with Crippen LogP contribution in [-0.2, 0) is 0 Å². The van der Waals surface area contributed by atoms with E-state index >= 15 is 0 Å². The molecule has 1 aromatic heterocycles. The third-order valence-electron chi connectivity index (χ3n) is 4.93. The van der Waals surface area contributed by atoms with Crippen molar-refractivity contribution >= 4 is 17.2 Å². The zero-order chi connectivity index (χ0) is 18.8. The van der Waals surface area contributed by atoms with Gasteiger partial charge in [-0.1, -0.05) is 13.8 Å². The number of hydrogen-bond acceptors (Lipinski definition) is 5. The number of nitrogens with zero attached hydrogens (tertiary/aromatic N) is 2. The Labute approximate surface area is 164 Å². The average molecular weight is 387 g/mol. The van der Waals surface area contributed by atoms with Crippen LogP contribution in [0.3, 0.4) is 0 Å². The number of rotatable bonds is 4. The van der Waals surface area contributed by atoms with Crippen molar-refractivity contribution < 1.29 is 14.3 Å². The molecule has 0 aliphatic carbocycles. The Morgan fingerprint density at radius 2 is 1.78 bits per heavy atom. The van der Waals surface area contributed by atoms with Crippen molar-refractivity contribution in [3.63, 3.8) is 0 Å². The van der Waals surface area contributed by atoms with Crippen LogP contribution >= 0.6 is 11.3 Å². The van der Waals surface area contributed by atoms with Crippen molar-refractivity contribution in [3.05, 3.63) is 35.2 Å². The summed E-state index contributed by atoms with van der Waals surface area (Å²) in [7, 11) is 0. The van der Waals surface area contributed by atoms with Crippen LogP contribution in [-0.4, -0.2) is 61.6 Å². The van der Waals surface area contributed by atoms with E-state index in [1.54, 1.807) is 11.3 Å². The quantitative estimate of drug-likeness (QED) is 0.805.